The summed E-state index contributed by atoms with van der Waals surface area (Å²) >= 11 is 0. The molecule has 2 aliphatic carbocycles. The van der Waals surface area contributed by atoms with Gasteiger partial charge in [-0.25, -0.2) is 5.01 Å². The minimum atomic E-state index is -0.517. The van der Waals surface area contributed by atoms with Gasteiger partial charge in [-0.3, -0.25) is 9.59 Å². The van der Waals surface area contributed by atoms with Crippen molar-refractivity contribution in [2.45, 2.75) is 39.5 Å². The molecule has 4 heteroatoms. The Morgan fingerprint density at radius 2 is 2.00 bits per heavy atom. The second-order valence-corrected chi connectivity index (χ2v) is 7.82. The van der Waals surface area contributed by atoms with E-state index >= 15 is 0 Å². The molecule has 24 heavy (non-hydrogen) atoms. The largest absolute Gasteiger partial charge is 0.292 e. The highest BCUT2D eigenvalue weighted by Gasteiger charge is 2.57. The number of hydrogen-bond donors (Lipinski definition) is 0. The Kier molecular flexibility index (Phi) is 3.59. The molecule has 0 aromatic heterocycles. The molecule has 0 spiro atoms. The number of carbonyl (C=O) groups is 2. The van der Waals surface area contributed by atoms with Gasteiger partial charge in [-0.2, -0.15) is 5.10 Å². The Hall–Kier alpha value is -1.97. The molecule has 1 heterocycles. The molecular weight excluding hydrogens is 300 g/mol. The van der Waals surface area contributed by atoms with Crippen molar-refractivity contribution < 1.29 is 9.59 Å². The lowest BCUT2D eigenvalue weighted by atomic mass is 9.66. The number of Topliss-reactive ketones (excluding diaryl/α,β-unsaturated/α-hetero) is 1. The summed E-state index contributed by atoms with van der Waals surface area (Å²) in [5.41, 5.74) is 0.995. The third-order valence-corrected chi connectivity index (χ3v) is 6.57. The van der Waals surface area contributed by atoms with Crippen molar-refractivity contribution in [1.29, 1.82) is 0 Å². The van der Waals surface area contributed by atoms with E-state index in [0.717, 1.165) is 18.1 Å². The third kappa shape index (κ3) is 2.23. The van der Waals surface area contributed by atoms with E-state index in [4.69, 9.17) is 0 Å². The molecule has 1 aromatic rings. The molecule has 3 unspecified atom stereocenters. The lowest BCUT2D eigenvalue weighted by Crippen LogP contribution is -2.45. The van der Waals surface area contributed by atoms with Crippen molar-refractivity contribution in [3.63, 3.8) is 0 Å². The van der Waals surface area contributed by atoms with E-state index in [1.807, 2.05) is 32.0 Å². The van der Waals surface area contributed by atoms with Gasteiger partial charge in [0, 0.05) is 5.56 Å². The second-order valence-electron chi connectivity index (χ2n) is 7.82. The maximum Gasteiger partial charge on any atom is 0.255 e. The number of nitrogens with zero attached hydrogens (tertiary/aromatic N) is 2. The van der Waals surface area contributed by atoms with Crippen LogP contribution in [-0.2, 0) is 4.79 Å². The van der Waals surface area contributed by atoms with Crippen LogP contribution >= 0.6 is 0 Å². The van der Waals surface area contributed by atoms with Crippen LogP contribution in [0.3, 0.4) is 0 Å². The van der Waals surface area contributed by atoms with E-state index in [0.29, 0.717) is 17.4 Å². The van der Waals surface area contributed by atoms with Crippen LogP contribution < -0.4 is 0 Å². The van der Waals surface area contributed by atoms with E-state index in [1.165, 1.54) is 24.3 Å². The molecule has 1 aliphatic heterocycles. The number of carbonyl (C=O) groups excluding carboxylic acids is 2. The van der Waals surface area contributed by atoms with Gasteiger partial charge < -0.3 is 0 Å². The second kappa shape index (κ2) is 5.54. The fourth-order valence-electron chi connectivity index (χ4n) is 5.09. The monoisotopic (exact) mass is 324 g/mol. The first-order valence-electron chi connectivity index (χ1n) is 8.96. The van der Waals surface area contributed by atoms with Crippen molar-refractivity contribution in [2.24, 2.45) is 28.3 Å². The zero-order chi connectivity index (χ0) is 16.9. The Balaban J connectivity index is 1.53. The van der Waals surface area contributed by atoms with E-state index in [1.54, 1.807) is 12.1 Å². The van der Waals surface area contributed by atoms with Crippen molar-refractivity contribution in [3.8, 4) is 0 Å². The number of fused-ring (bicyclic) bond motifs is 2. The number of hydrogen-bond acceptors (Lipinski definition) is 3. The molecule has 4 nitrogen and oxygen atoms in total. The van der Waals surface area contributed by atoms with Gasteiger partial charge in [0.15, 0.2) is 5.78 Å². The molecule has 0 saturated heterocycles. The molecule has 4 rings (SSSR count). The Bertz CT molecular complexity index is 712. The zero-order valence-electron chi connectivity index (χ0n) is 14.4. The SMILES string of the molecule is CC1=NN(CC(=O)c2ccccc2)C(=O)[C@]1(C)C1CC2CCC1C2. The predicted octanol–water partition coefficient (Wildman–Crippen LogP) is 3.53. The van der Waals surface area contributed by atoms with E-state index in [-0.39, 0.29) is 18.2 Å². The van der Waals surface area contributed by atoms with Gasteiger partial charge in [-0.05, 0) is 50.9 Å². The lowest BCUT2D eigenvalue weighted by Gasteiger charge is -2.35. The molecule has 0 N–H and O–H groups in total. The summed E-state index contributed by atoms with van der Waals surface area (Å²) in [6, 6.07) is 9.13. The van der Waals surface area contributed by atoms with Crippen LogP contribution in [0, 0.1) is 23.2 Å². The maximum absolute atomic E-state index is 13.1. The first kappa shape index (κ1) is 15.6. The highest BCUT2D eigenvalue weighted by Crippen LogP contribution is 2.56. The minimum Gasteiger partial charge on any atom is -0.292 e. The van der Waals surface area contributed by atoms with Gasteiger partial charge in [0.05, 0.1) is 11.1 Å². The molecule has 4 atom stereocenters. The number of rotatable bonds is 4. The van der Waals surface area contributed by atoms with E-state index in [2.05, 4.69) is 5.10 Å². The van der Waals surface area contributed by atoms with E-state index < -0.39 is 5.41 Å². The van der Waals surface area contributed by atoms with Crippen LogP contribution in [0.4, 0.5) is 0 Å². The van der Waals surface area contributed by atoms with Gasteiger partial charge >= 0.3 is 0 Å². The number of hydrazone groups is 1. The number of benzene rings is 1. The molecule has 2 fully saturated rings. The molecule has 3 aliphatic rings. The molecule has 2 saturated carbocycles. The first-order chi connectivity index (χ1) is 11.5. The average molecular weight is 324 g/mol. The highest BCUT2D eigenvalue weighted by molar-refractivity contribution is 6.12. The number of ketones is 1. The van der Waals surface area contributed by atoms with Gasteiger partial charge in [0.1, 0.15) is 6.54 Å². The predicted molar refractivity (Wildman–Crippen MR) is 92.6 cm³/mol. The Morgan fingerprint density at radius 1 is 1.25 bits per heavy atom. The lowest BCUT2D eigenvalue weighted by molar-refractivity contribution is -0.138. The summed E-state index contributed by atoms with van der Waals surface area (Å²) in [4.78, 5) is 25.6. The Labute approximate surface area is 142 Å². The summed E-state index contributed by atoms with van der Waals surface area (Å²) in [7, 11) is 0. The van der Waals surface area contributed by atoms with Crippen LogP contribution in [0.15, 0.2) is 35.4 Å². The first-order valence-corrected chi connectivity index (χ1v) is 8.96. The van der Waals surface area contributed by atoms with Crippen LogP contribution in [0.25, 0.3) is 0 Å². The quantitative estimate of drug-likeness (QED) is 0.796. The minimum absolute atomic E-state index is 0.0156. The maximum atomic E-state index is 13.1. The fourth-order valence-corrected chi connectivity index (χ4v) is 5.09. The third-order valence-electron chi connectivity index (χ3n) is 6.57. The molecule has 126 valence electrons. The van der Waals surface area contributed by atoms with Crippen LogP contribution in [0.2, 0.25) is 0 Å². The summed E-state index contributed by atoms with van der Waals surface area (Å²) in [6.07, 6.45) is 4.97. The highest BCUT2D eigenvalue weighted by atomic mass is 16.2. The fraction of sp³-hybridized carbons (Fsp3) is 0.550. The summed E-state index contributed by atoms with van der Waals surface area (Å²) in [5, 5.41) is 5.91. The van der Waals surface area contributed by atoms with Crippen LogP contribution in [0.1, 0.15) is 49.9 Å². The van der Waals surface area contributed by atoms with Crippen molar-refractivity contribution in [1.82, 2.24) is 5.01 Å². The standard InChI is InChI=1S/C20H24N2O2/c1-13-20(2,17-11-14-8-9-16(17)10-14)19(24)22(21-13)12-18(23)15-6-4-3-5-7-15/h3-7,14,16-17H,8-12H2,1-2H3/t14?,16?,17?,20-/m0/s1. The summed E-state index contributed by atoms with van der Waals surface area (Å²) in [5.74, 6) is 1.79. The Morgan fingerprint density at radius 3 is 2.62 bits per heavy atom. The van der Waals surface area contributed by atoms with Crippen molar-refractivity contribution in [2.75, 3.05) is 6.54 Å². The molecule has 0 radical (unpaired) electrons. The normalized spacial score (nSPS) is 34.8. The van der Waals surface area contributed by atoms with Gasteiger partial charge in [0.25, 0.3) is 5.91 Å². The molecule has 1 aromatic carbocycles. The smallest absolute Gasteiger partial charge is 0.255 e. The van der Waals surface area contributed by atoms with Gasteiger partial charge in [-0.15, -0.1) is 0 Å². The molecule has 1 amide bonds. The van der Waals surface area contributed by atoms with Gasteiger partial charge in [0.2, 0.25) is 0 Å². The molecule has 2 bridgehead atoms. The topological polar surface area (TPSA) is 49.7 Å². The van der Waals surface area contributed by atoms with Crippen LogP contribution in [-0.4, -0.2) is 29.0 Å². The van der Waals surface area contributed by atoms with Crippen molar-refractivity contribution in [3.05, 3.63) is 35.9 Å². The van der Waals surface area contributed by atoms with Gasteiger partial charge in [-0.1, -0.05) is 36.8 Å². The number of amides is 1. The average Bonchev–Trinajstić information content (AvgIpc) is 3.28. The van der Waals surface area contributed by atoms with Crippen molar-refractivity contribution >= 4 is 17.4 Å². The summed E-state index contributed by atoms with van der Waals surface area (Å²) < 4.78 is 0. The van der Waals surface area contributed by atoms with Crippen LogP contribution in [0.5, 0.6) is 0 Å². The summed E-state index contributed by atoms with van der Waals surface area (Å²) in [6.45, 7) is 4.04. The van der Waals surface area contributed by atoms with E-state index in [9.17, 15) is 9.59 Å². The zero-order valence-corrected chi connectivity index (χ0v) is 14.4. The molecular formula is C20H24N2O2.